The van der Waals surface area contributed by atoms with E-state index in [1.54, 1.807) is 6.49 Å². The van der Waals surface area contributed by atoms with Crippen molar-refractivity contribution in [1.29, 1.82) is 0 Å². The van der Waals surface area contributed by atoms with Crippen LogP contribution in [0.3, 0.4) is 0 Å². The molecule has 2 aliphatic rings. The second-order valence-electron chi connectivity index (χ2n) is 16.5. The predicted octanol–water partition coefficient (Wildman–Crippen LogP) is 13.1. The molecule has 2 aliphatic carbocycles. The fourth-order valence-electron chi connectivity index (χ4n) is 8.21. The molecule has 0 aromatic heterocycles. The van der Waals surface area contributed by atoms with Crippen LogP contribution in [0.25, 0.3) is 22.3 Å². The Labute approximate surface area is 318 Å². The van der Waals surface area contributed by atoms with Crippen molar-refractivity contribution in [3.8, 4) is 11.1 Å². The maximum atomic E-state index is 2.61. The van der Waals surface area contributed by atoms with Crippen molar-refractivity contribution >= 4 is 14.4 Å². The first-order chi connectivity index (χ1) is 25.1. The fraction of sp³-hybridized carbons (Fsp3) is 0.196. The third kappa shape index (κ3) is 6.54. The normalized spacial score (nSPS) is 14.2. The van der Waals surface area contributed by atoms with E-state index in [2.05, 4.69) is 205 Å². The van der Waals surface area contributed by atoms with Gasteiger partial charge in [0.05, 0.1) is 0 Å². The van der Waals surface area contributed by atoms with Crippen molar-refractivity contribution in [1.82, 2.24) is 0 Å². The van der Waals surface area contributed by atoms with Gasteiger partial charge in [0, 0.05) is 0 Å². The topological polar surface area (TPSA) is 0 Å². The molecule has 1 heteroatoms. The Morgan fingerprint density at radius 1 is 0.500 bits per heavy atom. The molecule has 0 saturated carbocycles. The molecule has 8 rings (SSSR count). The number of hydrogen-bond donors (Lipinski definition) is 0. The van der Waals surface area contributed by atoms with Gasteiger partial charge in [-0.3, -0.25) is 0 Å². The van der Waals surface area contributed by atoms with Gasteiger partial charge in [-0.1, -0.05) is 0 Å². The summed E-state index contributed by atoms with van der Waals surface area (Å²) in [6.07, 6.45) is 3.52. The van der Waals surface area contributed by atoms with Crippen LogP contribution in [0.2, 0.25) is 0 Å². The summed E-state index contributed by atoms with van der Waals surface area (Å²) in [5, 5.41) is 0. The number of rotatable bonds is 6. The number of benzene rings is 6. The molecular formula is C51H48Zr. The molecule has 0 N–H and O–H groups in total. The Balaban J connectivity index is 1.53. The van der Waals surface area contributed by atoms with E-state index < -0.39 is 21.3 Å². The Hall–Kier alpha value is -4.45. The van der Waals surface area contributed by atoms with E-state index in [9.17, 15) is 0 Å². The van der Waals surface area contributed by atoms with Crippen LogP contribution in [0.1, 0.15) is 96.1 Å². The first kappa shape index (κ1) is 34.6. The molecule has 0 spiro atoms. The first-order valence-electron chi connectivity index (χ1n) is 18.8. The second-order valence-corrected chi connectivity index (χ2v) is 22.7. The fourth-order valence-corrected chi connectivity index (χ4v) is 17.8. The van der Waals surface area contributed by atoms with Crippen LogP contribution in [0.5, 0.6) is 0 Å². The van der Waals surface area contributed by atoms with Gasteiger partial charge >= 0.3 is 321 Å². The van der Waals surface area contributed by atoms with Crippen molar-refractivity contribution in [2.45, 2.75) is 62.4 Å². The summed E-state index contributed by atoms with van der Waals surface area (Å²) >= 11 is -3.11. The SMILES string of the molecule is CC(C)(C)c1ccc2c(c1)[CH]([Zr]([C]1=C(c3ccccc3)C=C(c3ccccc3)C1)=[C](c1ccccc1)c1ccccc1)c1cc(C(C)(C)C)ccc1-2. The van der Waals surface area contributed by atoms with Gasteiger partial charge in [0.25, 0.3) is 0 Å². The van der Waals surface area contributed by atoms with Gasteiger partial charge in [-0.25, -0.2) is 0 Å². The average Bonchev–Trinajstić information content (AvgIpc) is 3.74. The second kappa shape index (κ2) is 13.8. The van der Waals surface area contributed by atoms with Gasteiger partial charge in [0.15, 0.2) is 0 Å². The Bertz CT molecular complexity index is 2240. The van der Waals surface area contributed by atoms with E-state index in [0.29, 0.717) is 3.63 Å². The summed E-state index contributed by atoms with van der Waals surface area (Å²) in [5.74, 6) is 0. The third-order valence-corrected chi connectivity index (χ3v) is 19.4. The molecule has 256 valence electrons. The zero-order valence-corrected chi connectivity index (χ0v) is 33.8. The van der Waals surface area contributed by atoms with Gasteiger partial charge in [-0.05, 0) is 0 Å². The summed E-state index contributed by atoms with van der Waals surface area (Å²) in [5.41, 5.74) is 17.1. The summed E-state index contributed by atoms with van der Waals surface area (Å²) in [7, 11) is 0. The molecule has 0 aliphatic heterocycles. The summed E-state index contributed by atoms with van der Waals surface area (Å²) in [6, 6.07) is 60.0. The van der Waals surface area contributed by atoms with Crippen molar-refractivity contribution in [2.24, 2.45) is 0 Å². The molecule has 0 nitrogen and oxygen atoms in total. The predicted molar refractivity (Wildman–Crippen MR) is 220 cm³/mol. The van der Waals surface area contributed by atoms with Gasteiger partial charge in [-0.15, -0.1) is 0 Å². The molecule has 0 atom stereocenters. The quantitative estimate of drug-likeness (QED) is 0.159. The summed E-state index contributed by atoms with van der Waals surface area (Å²) in [4.78, 5) is 0. The average molecular weight is 752 g/mol. The van der Waals surface area contributed by atoms with E-state index in [1.807, 2.05) is 0 Å². The molecule has 0 unspecified atom stereocenters. The van der Waals surface area contributed by atoms with E-state index in [4.69, 9.17) is 0 Å². The minimum absolute atomic E-state index is 0.0453. The summed E-state index contributed by atoms with van der Waals surface area (Å²) in [6.45, 7) is 14.2. The van der Waals surface area contributed by atoms with Crippen LogP contribution in [-0.2, 0) is 32.1 Å². The minimum atomic E-state index is -3.11. The zero-order chi connectivity index (χ0) is 36.0. The third-order valence-electron chi connectivity index (χ3n) is 11.0. The zero-order valence-electron chi connectivity index (χ0n) is 31.4. The van der Waals surface area contributed by atoms with E-state index in [0.717, 1.165) is 6.42 Å². The monoisotopic (exact) mass is 750 g/mol. The molecule has 0 saturated heterocycles. The van der Waals surface area contributed by atoms with Gasteiger partial charge in [0.2, 0.25) is 0 Å². The number of fused-ring (bicyclic) bond motifs is 3. The molecule has 0 fully saturated rings. The van der Waals surface area contributed by atoms with Crippen molar-refractivity contribution in [2.75, 3.05) is 0 Å². The molecule has 6 aromatic carbocycles. The van der Waals surface area contributed by atoms with E-state index in [1.165, 1.54) is 66.8 Å². The Morgan fingerprint density at radius 3 is 1.37 bits per heavy atom. The number of hydrogen-bond acceptors (Lipinski definition) is 0. The molecule has 0 bridgehead atoms. The Kier molecular flexibility index (Phi) is 9.21. The molecule has 0 heterocycles. The van der Waals surface area contributed by atoms with Crippen LogP contribution < -0.4 is 0 Å². The standard InChI is InChI=1S/C21H25.C17H13.C13H10.Zr/c1-20(2,3)16-7-9-18-14(12-16)11-15-13-17(21(4,5)6)8-10-19(15)18;1-3-7-14(8-4-1)16-11-12-17(13-16)15-9-5-2-6-10-15;1-3-7-12(8-4-1)11-13-9-5-2-6-10-13;/h7-13H,1-6H3;1-10,13H,11H2;1-10H;. The van der Waals surface area contributed by atoms with Crippen molar-refractivity contribution < 1.29 is 21.3 Å². The van der Waals surface area contributed by atoms with Gasteiger partial charge in [-0.2, -0.15) is 0 Å². The van der Waals surface area contributed by atoms with Crippen LogP contribution in [0.15, 0.2) is 167 Å². The van der Waals surface area contributed by atoms with Crippen molar-refractivity contribution in [3.63, 3.8) is 0 Å². The molecule has 52 heavy (non-hydrogen) atoms. The van der Waals surface area contributed by atoms with Crippen LogP contribution in [-0.4, -0.2) is 3.21 Å². The van der Waals surface area contributed by atoms with E-state index in [-0.39, 0.29) is 10.8 Å². The maximum absolute atomic E-state index is 3.11. The molecule has 6 aromatic rings. The Morgan fingerprint density at radius 2 is 0.923 bits per heavy atom. The van der Waals surface area contributed by atoms with Gasteiger partial charge < -0.3 is 0 Å². The summed E-state index contributed by atoms with van der Waals surface area (Å²) < 4.78 is 3.58. The molecule has 0 amide bonds. The number of allylic oxidation sites excluding steroid dienone is 4. The van der Waals surface area contributed by atoms with Crippen LogP contribution in [0.4, 0.5) is 0 Å². The first-order valence-corrected chi connectivity index (χ1v) is 22.6. The van der Waals surface area contributed by atoms with Crippen molar-refractivity contribution in [3.05, 3.63) is 212 Å². The molecule has 0 radical (unpaired) electrons. The van der Waals surface area contributed by atoms with Gasteiger partial charge in [0.1, 0.15) is 0 Å². The van der Waals surface area contributed by atoms with Crippen LogP contribution in [0, 0.1) is 0 Å². The van der Waals surface area contributed by atoms with E-state index >= 15 is 0 Å². The molecular weight excluding hydrogens is 704 g/mol. The van der Waals surface area contributed by atoms with Crippen LogP contribution >= 0.6 is 0 Å².